The van der Waals surface area contributed by atoms with E-state index in [9.17, 15) is 9.59 Å². The van der Waals surface area contributed by atoms with Crippen LogP contribution in [0.15, 0.2) is 48.5 Å². The number of benzene rings is 2. The lowest BCUT2D eigenvalue weighted by Crippen LogP contribution is -2.32. The van der Waals surface area contributed by atoms with Gasteiger partial charge in [-0.3, -0.25) is 4.79 Å². The minimum atomic E-state index is -0.531. The molecule has 0 fully saturated rings. The molecular formula is C21H25IN2O3. The van der Waals surface area contributed by atoms with Gasteiger partial charge in [-0.1, -0.05) is 44.2 Å². The maximum absolute atomic E-state index is 12.7. The normalized spacial score (nSPS) is 11.7. The van der Waals surface area contributed by atoms with Crippen molar-refractivity contribution in [3.05, 3.63) is 63.2 Å². The van der Waals surface area contributed by atoms with Crippen LogP contribution >= 0.6 is 22.6 Å². The van der Waals surface area contributed by atoms with Crippen molar-refractivity contribution >= 4 is 40.3 Å². The molecule has 0 radical (unpaired) electrons. The van der Waals surface area contributed by atoms with E-state index in [-0.39, 0.29) is 24.9 Å². The number of nitrogens with one attached hydrogen (secondary N) is 2. The summed E-state index contributed by atoms with van der Waals surface area (Å²) in [6.07, 6.45) is -0.414. The van der Waals surface area contributed by atoms with Crippen molar-refractivity contribution in [3.63, 3.8) is 0 Å². The fourth-order valence-corrected chi connectivity index (χ4v) is 3.28. The Hall–Kier alpha value is -2.09. The summed E-state index contributed by atoms with van der Waals surface area (Å²) in [6.45, 7) is 6.21. The summed E-state index contributed by atoms with van der Waals surface area (Å²) in [4.78, 5) is 24.6. The van der Waals surface area contributed by atoms with Crippen LogP contribution in [0, 0.1) is 3.57 Å². The number of carbonyl (C=O) groups is 2. The lowest BCUT2D eigenvalue weighted by molar-refractivity contribution is -0.116. The van der Waals surface area contributed by atoms with Crippen LogP contribution in [0.2, 0.25) is 0 Å². The van der Waals surface area contributed by atoms with E-state index in [1.165, 1.54) is 0 Å². The second kappa shape index (κ2) is 10.3. The maximum atomic E-state index is 12.7. The molecule has 2 aromatic carbocycles. The number of alkyl carbamates (subject to hydrolysis) is 1. The van der Waals surface area contributed by atoms with Crippen LogP contribution in [0.5, 0.6) is 0 Å². The average Bonchev–Trinajstić information content (AvgIpc) is 2.63. The van der Waals surface area contributed by atoms with Crippen LogP contribution < -0.4 is 10.6 Å². The highest BCUT2D eigenvalue weighted by atomic mass is 127. The summed E-state index contributed by atoms with van der Waals surface area (Å²) in [7, 11) is 0. The minimum absolute atomic E-state index is 0.117. The molecule has 0 aliphatic heterocycles. The molecule has 0 unspecified atom stereocenters. The van der Waals surface area contributed by atoms with Crippen LogP contribution in [-0.4, -0.2) is 18.6 Å². The molecule has 0 aliphatic carbocycles. The van der Waals surface area contributed by atoms with Crippen LogP contribution in [0.1, 0.15) is 50.3 Å². The number of halogens is 1. The molecule has 2 aromatic rings. The zero-order chi connectivity index (χ0) is 19.8. The van der Waals surface area contributed by atoms with Crippen molar-refractivity contribution in [2.24, 2.45) is 0 Å². The Labute approximate surface area is 174 Å². The molecule has 0 aromatic heterocycles. The van der Waals surface area contributed by atoms with Crippen LogP contribution in [-0.2, 0) is 9.53 Å². The summed E-state index contributed by atoms with van der Waals surface area (Å²) >= 11 is 2.26. The number of amides is 2. The van der Waals surface area contributed by atoms with Crippen molar-refractivity contribution < 1.29 is 14.3 Å². The van der Waals surface area contributed by atoms with E-state index in [0.29, 0.717) is 0 Å². The highest BCUT2D eigenvalue weighted by Crippen LogP contribution is 2.27. The van der Waals surface area contributed by atoms with Crippen LogP contribution in [0.25, 0.3) is 0 Å². The maximum Gasteiger partial charge on any atom is 0.407 e. The van der Waals surface area contributed by atoms with E-state index >= 15 is 0 Å². The van der Waals surface area contributed by atoms with Gasteiger partial charge < -0.3 is 15.4 Å². The lowest BCUT2D eigenvalue weighted by Gasteiger charge is -2.20. The van der Waals surface area contributed by atoms with Gasteiger partial charge in [-0.2, -0.15) is 0 Å². The fourth-order valence-electron chi connectivity index (χ4n) is 2.76. The summed E-state index contributed by atoms with van der Waals surface area (Å²) < 4.78 is 6.10. The number of hydrogen-bond donors (Lipinski definition) is 2. The summed E-state index contributed by atoms with van der Waals surface area (Å²) in [5, 5.41) is 5.76. The molecule has 0 spiro atoms. The third-order valence-electron chi connectivity index (χ3n) is 4.07. The first-order chi connectivity index (χ1) is 12.9. The molecule has 0 heterocycles. The van der Waals surface area contributed by atoms with Gasteiger partial charge in [-0.25, -0.2) is 4.79 Å². The zero-order valence-electron chi connectivity index (χ0n) is 15.8. The number of ether oxygens (including phenoxy) is 1. The van der Waals surface area contributed by atoms with Crippen molar-refractivity contribution in [1.82, 2.24) is 5.32 Å². The number of anilines is 1. The van der Waals surface area contributed by atoms with Gasteiger partial charge in [-0.05, 0) is 64.8 Å². The Balaban J connectivity index is 2.15. The summed E-state index contributed by atoms with van der Waals surface area (Å²) in [6, 6.07) is 14.9. The molecular weight excluding hydrogens is 455 g/mol. The van der Waals surface area contributed by atoms with E-state index in [1.807, 2.05) is 42.5 Å². The van der Waals surface area contributed by atoms with Crippen LogP contribution in [0.4, 0.5) is 10.5 Å². The quantitative estimate of drug-likeness (QED) is 0.534. The Morgan fingerprint density at radius 2 is 1.81 bits per heavy atom. The molecule has 0 bridgehead atoms. The Kier molecular flexibility index (Phi) is 8.09. The fraction of sp³-hybridized carbons (Fsp3) is 0.333. The van der Waals surface area contributed by atoms with Gasteiger partial charge in [0.05, 0.1) is 19.1 Å². The smallest absolute Gasteiger partial charge is 0.407 e. The van der Waals surface area contributed by atoms with Gasteiger partial charge in [0.2, 0.25) is 5.91 Å². The number of hydrogen-bond acceptors (Lipinski definition) is 3. The second-order valence-electron chi connectivity index (χ2n) is 6.47. The summed E-state index contributed by atoms with van der Waals surface area (Å²) in [5.41, 5.74) is 2.75. The molecule has 2 N–H and O–H groups in total. The van der Waals surface area contributed by atoms with Gasteiger partial charge in [0, 0.05) is 9.26 Å². The Morgan fingerprint density at radius 3 is 2.44 bits per heavy atom. The highest BCUT2D eigenvalue weighted by molar-refractivity contribution is 14.1. The first-order valence-electron chi connectivity index (χ1n) is 8.98. The summed E-state index contributed by atoms with van der Waals surface area (Å²) in [5.74, 6) is 0.126. The van der Waals surface area contributed by atoms with Crippen molar-refractivity contribution in [1.29, 1.82) is 0 Å². The Morgan fingerprint density at radius 1 is 1.11 bits per heavy atom. The van der Waals surface area contributed by atoms with Gasteiger partial charge in [0.25, 0.3) is 0 Å². The third kappa shape index (κ3) is 6.53. The molecule has 144 valence electrons. The van der Waals surface area contributed by atoms with Crippen molar-refractivity contribution in [2.45, 2.75) is 39.2 Å². The van der Waals surface area contributed by atoms with E-state index < -0.39 is 12.1 Å². The van der Waals surface area contributed by atoms with E-state index in [0.717, 1.165) is 20.4 Å². The topological polar surface area (TPSA) is 67.4 Å². The molecule has 2 rings (SSSR count). The SMILES string of the molecule is CCOC(=O)N[C@H](CC(=O)Nc1ccc(I)cc1C(C)C)c1ccccc1. The number of rotatable bonds is 7. The molecule has 1 atom stereocenters. The van der Waals surface area contributed by atoms with E-state index in [4.69, 9.17) is 4.74 Å². The van der Waals surface area contributed by atoms with Gasteiger partial charge in [0.1, 0.15) is 0 Å². The lowest BCUT2D eigenvalue weighted by atomic mass is 10.0. The Bertz CT molecular complexity index is 778. The minimum Gasteiger partial charge on any atom is -0.450 e. The molecule has 27 heavy (non-hydrogen) atoms. The molecule has 0 aliphatic rings. The van der Waals surface area contributed by atoms with Crippen molar-refractivity contribution in [3.8, 4) is 0 Å². The van der Waals surface area contributed by atoms with E-state index in [1.54, 1.807) is 6.92 Å². The molecule has 5 nitrogen and oxygen atoms in total. The molecule has 6 heteroatoms. The first kappa shape index (κ1) is 21.2. The van der Waals surface area contributed by atoms with Gasteiger partial charge in [0.15, 0.2) is 0 Å². The predicted octanol–water partition coefficient (Wildman–Crippen LogP) is 5.23. The monoisotopic (exact) mass is 480 g/mol. The average molecular weight is 480 g/mol. The standard InChI is InChI=1S/C21H25IN2O3/c1-4-27-21(26)24-19(15-8-6-5-7-9-15)13-20(25)23-18-11-10-16(22)12-17(18)14(2)3/h5-12,14,19H,4,13H2,1-3H3,(H,23,25)(H,24,26)/t19-/m1/s1. The third-order valence-corrected chi connectivity index (χ3v) is 4.74. The molecule has 2 amide bonds. The van der Waals surface area contributed by atoms with Crippen LogP contribution in [0.3, 0.4) is 0 Å². The zero-order valence-corrected chi connectivity index (χ0v) is 17.9. The molecule has 0 saturated carbocycles. The molecule has 0 saturated heterocycles. The van der Waals surface area contributed by atoms with Crippen molar-refractivity contribution in [2.75, 3.05) is 11.9 Å². The predicted molar refractivity (Wildman–Crippen MR) is 116 cm³/mol. The number of carbonyl (C=O) groups excluding carboxylic acids is 2. The van der Waals surface area contributed by atoms with Gasteiger partial charge in [-0.15, -0.1) is 0 Å². The van der Waals surface area contributed by atoms with E-state index in [2.05, 4.69) is 53.1 Å². The largest absolute Gasteiger partial charge is 0.450 e. The second-order valence-corrected chi connectivity index (χ2v) is 7.71. The highest BCUT2D eigenvalue weighted by Gasteiger charge is 2.20. The first-order valence-corrected chi connectivity index (χ1v) is 10.1. The van der Waals surface area contributed by atoms with Gasteiger partial charge >= 0.3 is 6.09 Å².